The fraction of sp³-hybridized carbons (Fsp3) is 0.793. The van der Waals surface area contributed by atoms with E-state index in [4.69, 9.17) is 19.9 Å². The fourth-order valence-electron chi connectivity index (χ4n) is 4.98. The van der Waals surface area contributed by atoms with Crippen LogP contribution in [0.2, 0.25) is 0 Å². The maximum absolute atomic E-state index is 13.6. The van der Waals surface area contributed by atoms with E-state index in [0.717, 1.165) is 0 Å². The summed E-state index contributed by atoms with van der Waals surface area (Å²) in [6.07, 6.45) is 5.21. The molecule has 14 heteroatoms. The first-order chi connectivity index (χ1) is 19.9. The van der Waals surface area contributed by atoms with Gasteiger partial charge in [-0.3, -0.25) is 19.1 Å². The van der Waals surface area contributed by atoms with E-state index in [-0.39, 0.29) is 50.5 Å². The number of amides is 4. The SMILES string of the molecule is CC(C)(C)OC(=O)N[C@@H](CCCOC/C=C\[C@@H]1C[C@@H]1C(=O)NS(=O)(=O)C1CC1)C(=O)N1C[C@H](OC(C)(C)C)C[C@H]1C(N)=O. The van der Waals surface area contributed by atoms with E-state index in [2.05, 4.69) is 10.0 Å². The van der Waals surface area contributed by atoms with E-state index >= 15 is 0 Å². The average Bonchev–Trinajstić information content (AvgIpc) is 3.77. The van der Waals surface area contributed by atoms with Gasteiger partial charge in [0, 0.05) is 25.5 Å². The second-order valence-corrected chi connectivity index (χ2v) is 15.5. The van der Waals surface area contributed by atoms with Gasteiger partial charge in [-0.05, 0) is 79.6 Å². The highest BCUT2D eigenvalue weighted by molar-refractivity contribution is 7.90. The van der Waals surface area contributed by atoms with E-state index in [1.807, 2.05) is 26.8 Å². The molecule has 0 radical (unpaired) electrons. The van der Waals surface area contributed by atoms with Crippen LogP contribution < -0.4 is 15.8 Å². The van der Waals surface area contributed by atoms with Gasteiger partial charge in [0.2, 0.25) is 27.7 Å². The molecule has 2 saturated carbocycles. The van der Waals surface area contributed by atoms with E-state index in [0.29, 0.717) is 25.7 Å². The van der Waals surface area contributed by atoms with Crippen LogP contribution in [-0.4, -0.2) is 91.5 Å². The molecule has 0 spiro atoms. The van der Waals surface area contributed by atoms with Gasteiger partial charge in [-0.25, -0.2) is 13.2 Å². The largest absolute Gasteiger partial charge is 0.444 e. The Bertz CT molecular complexity index is 1170. The summed E-state index contributed by atoms with van der Waals surface area (Å²) in [6.45, 7) is 11.5. The van der Waals surface area contributed by atoms with Crippen LogP contribution in [0.4, 0.5) is 4.79 Å². The Morgan fingerprint density at radius 3 is 2.30 bits per heavy atom. The van der Waals surface area contributed by atoms with Crippen LogP contribution >= 0.6 is 0 Å². The van der Waals surface area contributed by atoms with Gasteiger partial charge in [0.05, 0.1) is 23.6 Å². The number of allylic oxidation sites excluding steroid dienone is 1. The summed E-state index contributed by atoms with van der Waals surface area (Å²) >= 11 is 0. The maximum atomic E-state index is 13.6. The van der Waals surface area contributed by atoms with Gasteiger partial charge in [-0.2, -0.15) is 0 Å². The summed E-state index contributed by atoms with van der Waals surface area (Å²) in [5, 5.41) is 2.21. The Labute approximate surface area is 254 Å². The molecule has 2 aliphatic carbocycles. The van der Waals surface area contributed by atoms with Crippen molar-refractivity contribution in [2.75, 3.05) is 19.8 Å². The van der Waals surface area contributed by atoms with E-state index < -0.39 is 62.4 Å². The molecule has 13 nitrogen and oxygen atoms in total. The van der Waals surface area contributed by atoms with Gasteiger partial charge in [-0.1, -0.05) is 12.2 Å². The predicted octanol–water partition coefficient (Wildman–Crippen LogP) is 1.75. The molecule has 0 bridgehead atoms. The van der Waals surface area contributed by atoms with Crippen LogP contribution in [0.5, 0.6) is 0 Å². The minimum Gasteiger partial charge on any atom is -0.444 e. The minimum absolute atomic E-state index is 0.0252. The Morgan fingerprint density at radius 2 is 1.72 bits per heavy atom. The molecule has 1 aliphatic heterocycles. The first kappa shape index (κ1) is 34.8. The molecule has 0 aromatic rings. The third kappa shape index (κ3) is 11.4. The molecular formula is C29H48N4O9S. The number of sulfonamides is 1. The highest BCUT2D eigenvalue weighted by atomic mass is 32.2. The molecule has 3 fully saturated rings. The number of ether oxygens (including phenoxy) is 3. The molecule has 1 heterocycles. The van der Waals surface area contributed by atoms with Crippen molar-refractivity contribution in [2.24, 2.45) is 17.6 Å². The number of alkyl carbamates (subject to hydrolysis) is 1. The van der Waals surface area contributed by atoms with E-state index in [1.54, 1.807) is 26.8 Å². The summed E-state index contributed by atoms with van der Waals surface area (Å²) in [6, 6.07) is -1.83. The maximum Gasteiger partial charge on any atom is 0.408 e. The number of hydrogen-bond donors (Lipinski definition) is 3. The van der Waals surface area contributed by atoms with Crippen molar-refractivity contribution >= 4 is 33.8 Å². The molecule has 244 valence electrons. The summed E-state index contributed by atoms with van der Waals surface area (Å²) in [4.78, 5) is 51.9. The van der Waals surface area contributed by atoms with Crippen molar-refractivity contribution in [2.45, 2.75) is 115 Å². The minimum atomic E-state index is -3.54. The number of likely N-dealkylation sites (tertiary alicyclic amines) is 1. The summed E-state index contributed by atoms with van der Waals surface area (Å²) in [5.74, 6) is -1.92. The average molecular weight is 629 g/mol. The molecule has 5 atom stereocenters. The topological polar surface area (TPSA) is 183 Å². The van der Waals surface area contributed by atoms with Gasteiger partial charge < -0.3 is 30.2 Å². The fourth-order valence-corrected chi connectivity index (χ4v) is 6.34. The first-order valence-electron chi connectivity index (χ1n) is 14.9. The van der Waals surface area contributed by atoms with Crippen LogP contribution in [0.15, 0.2) is 12.2 Å². The Morgan fingerprint density at radius 1 is 1.05 bits per heavy atom. The van der Waals surface area contributed by atoms with Crippen LogP contribution in [0.1, 0.15) is 80.1 Å². The van der Waals surface area contributed by atoms with E-state index in [1.165, 1.54) is 4.90 Å². The standard InChI is InChI=1S/C29H48N4O9S/c1-28(2,3)41-19-16-23(24(30)34)33(17-19)26(36)22(31-27(37)42-29(4,5)6)10-8-14-40-13-7-9-18-15-21(18)25(35)32-43(38,39)20-11-12-20/h7,9,18-23H,8,10-17H2,1-6H3,(H2,30,34)(H,31,37)(H,32,35)/b9-7-/t18-,19-,21+,22+,23+/m1/s1. The van der Waals surface area contributed by atoms with E-state index in [9.17, 15) is 27.6 Å². The Hall–Kier alpha value is -2.71. The molecule has 3 aliphatic rings. The Balaban J connectivity index is 1.49. The third-order valence-electron chi connectivity index (χ3n) is 7.14. The Kier molecular flexibility index (Phi) is 11.3. The molecule has 4 amide bonds. The highest BCUT2D eigenvalue weighted by Crippen LogP contribution is 2.40. The van der Waals surface area contributed by atoms with Crippen LogP contribution in [0.25, 0.3) is 0 Å². The smallest absolute Gasteiger partial charge is 0.408 e. The first-order valence-corrected chi connectivity index (χ1v) is 16.5. The van der Waals surface area contributed by atoms with Crippen molar-refractivity contribution in [3.8, 4) is 0 Å². The highest BCUT2D eigenvalue weighted by Gasteiger charge is 2.45. The number of primary amides is 1. The molecule has 0 aromatic heterocycles. The van der Waals surface area contributed by atoms with Gasteiger partial charge >= 0.3 is 6.09 Å². The molecule has 3 rings (SSSR count). The van der Waals surface area contributed by atoms with Crippen molar-refractivity contribution in [3.05, 3.63) is 12.2 Å². The molecule has 0 aromatic carbocycles. The van der Waals surface area contributed by atoms with Gasteiger partial charge in [0.1, 0.15) is 17.7 Å². The number of carbonyl (C=O) groups is 4. The summed E-state index contributed by atoms with van der Waals surface area (Å²) in [5.41, 5.74) is 4.38. The van der Waals surface area contributed by atoms with Gasteiger partial charge in [-0.15, -0.1) is 0 Å². The molecule has 0 unspecified atom stereocenters. The number of nitrogens with two attached hydrogens (primary N) is 1. The normalized spacial score (nSPS) is 24.9. The van der Waals surface area contributed by atoms with Crippen molar-refractivity contribution in [1.29, 1.82) is 0 Å². The van der Waals surface area contributed by atoms with Crippen molar-refractivity contribution < 1.29 is 41.8 Å². The number of nitrogens with one attached hydrogen (secondary N) is 2. The molecular weight excluding hydrogens is 580 g/mol. The number of hydrogen-bond acceptors (Lipinski definition) is 9. The van der Waals surface area contributed by atoms with Crippen LogP contribution in [0.3, 0.4) is 0 Å². The zero-order valence-electron chi connectivity index (χ0n) is 26.1. The molecule has 1 saturated heterocycles. The molecule has 43 heavy (non-hydrogen) atoms. The quantitative estimate of drug-likeness (QED) is 0.191. The predicted molar refractivity (Wildman–Crippen MR) is 158 cm³/mol. The van der Waals surface area contributed by atoms with Crippen molar-refractivity contribution in [1.82, 2.24) is 14.9 Å². The third-order valence-corrected chi connectivity index (χ3v) is 8.98. The lowest BCUT2D eigenvalue weighted by molar-refractivity contribution is -0.139. The van der Waals surface area contributed by atoms with Crippen molar-refractivity contribution in [3.63, 3.8) is 0 Å². The van der Waals surface area contributed by atoms with Gasteiger partial charge in [0.25, 0.3) is 0 Å². The zero-order valence-corrected chi connectivity index (χ0v) is 26.9. The van der Waals surface area contributed by atoms with Crippen LogP contribution in [-0.2, 0) is 38.6 Å². The zero-order chi connectivity index (χ0) is 32.2. The van der Waals surface area contributed by atoms with Crippen LogP contribution in [0, 0.1) is 11.8 Å². The number of nitrogens with zero attached hydrogens (tertiary/aromatic N) is 1. The van der Waals surface area contributed by atoms with Gasteiger partial charge in [0.15, 0.2) is 0 Å². The lowest BCUT2D eigenvalue weighted by atomic mass is 10.1. The second-order valence-electron chi connectivity index (χ2n) is 13.6. The molecule has 4 N–H and O–H groups in total. The number of rotatable bonds is 14. The number of carbonyl (C=O) groups excluding carboxylic acids is 4. The lowest BCUT2D eigenvalue weighted by Crippen LogP contribution is -2.53. The monoisotopic (exact) mass is 628 g/mol. The summed E-state index contributed by atoms with van der Waals surface area (Å²) < 4.78 is 43.1. The lowest BCUT2D eigenvalue weighted by Gasteiger charge is -2.29. The second kappa shape index (κ2) is 13.9. The summed E-state index contributed by atoms with van der Waals surface area (Å²) in [7, 11) is -3.54.